The van der Waals surface area contributed by atoms with Crippen molar-refractivity contribution in [3.05, 3.63) is 24.3 Å². The molecule has 0 bridgehead atoms. The highest BCUT2D eigenvalue weighted by Crippen LogP contribution is 2.14. The van der Waals surface area contributed by atoms with Gasteiger partial charge in [0, 0.05) is 16.3 Å². The van der Waals surface area contributed by atoms with Gasteiger partial charge in [-0.05, 0) is 24.6 Å². The maximum absolute atomic E-state index is 12.1. The second-order valence-electron chi connectivity index (χ2n) is 5.80. The van der Waals surface area contributed by atoms with E-state index in [0.29, 0.717) is 5.69 Å². The molecule has 1 aromatic carbocycles. The van der Waals surface area contributed by atoms with E-state index < -0.39 is 10.8 Å². The zero-order valence-electron chi connectivity index (χ0n) is 13.5. The van der Waals surface area contributed by atoms with Crippen molar-refractivity contribution in [3.63, 3.8) is 0 Å². The third-order valence-corrected chi connectivity index (χ3v) is 5.24. The van der Waals surface area contributed by atoms with Crippen molar-refractivity contribution in [2.24, 2.45) is 0 Å². The second-order valence-corrected chi connectivity index (χ2v) is 7.37. The van der Waals surface area contributed by atoms with Gasteiger partial charge in [-0.3, -0.25) is 4.21 Å². The van der Waals surface area contributed by atoms with Crippen LogP contribution in [0.1, 0.15) is 71.1 Å². The molecule has 0 aliphatic rings. The van der Waals surface area contributed by atoms with Crippen LogP contribution in [0.2, 0.25) is 0 Å². The normalized spacial score (nSPS) is 12.4. The first-order valence-corrected chi connectivity index (χ1v) is 9.80. The van der Waals surface area contributed by atoms with Gasteiger partial charge in [-0.15, -0.1) is 0 Å². The van der Waals surface area contributed by atoms with Crippen molar-refractivity contribution in [2.75, 3.05) is 11.5 Å². The van der Waals surface area contributed by atoms with Gasteiger partial charge in [-0.2, -0.15) is 0 Å². The standard InChI is InChI=1S/C18H31NOS/c1-2-3-4-5-6-7-8-9-10-11-15-21(20)18-14-12-13-17(19)16-18/h12-14,16H,2-11,15,19H2,1H3. The van der Waals surface area contributed by atoms with Gasteiger partial charge in [0.2, 0.25) is 0 Å². The van der Waals surface area contributed by atoms with Gasteiger partial charge >= 0.3 is 0 Å². The Balaban J connectivity index is 1.98. The molecule has 0 spiro atoms. The van der Waals surface area contributed by atoms with E-state index in [0.717, 1.165) is 17.1 Å². The summed E-state index contributed by atoms with van der Waals surface area (Å²) in [6.45, 7) is 2.26. The summed E-state index contributed by atoms with van der Waals surface area (Å²) in [5.74, 6) is 0.764. The van der Waals surface area contributed by atoms with Crippen LogP contribution in [-0.2, 0) is 10.8 Å². The van der Waals surface area contributed by atoms with Crippen LogP contribution in [0.4, 0.5) is 5.69 Å². The van der Waals surface area contributed by atoms with Crippen LogP contribution in [0.25, 0.3) is 0 Å². The van der Waals surface area contributed by atoms with Gasteiger partial charge in [-0.1, -0.05) is 70.8 Å². The molecular formula is C18H31NOS. The predicted molar refractivity (Wildman–Crippen MR) is 94.0 cm³/mol. The Morgan fingerprint density at radius 3 is 2.05 bits per heavy atom. The first-order chi connectivity index (χ1) is 10.2. The first-order valence-electron chi connectivity index (χ1n) is 8.48. The highest BCUT2D eigenvalue weighted by Gasteiger charge is 2.03. The van der Waals surface area contributed by atoms with E-state index in [9.17, 15) is 4.21 Å². The summed E-state index contributed by atoms with van der Waals surface area (Å²) in [5.41, 5.74) is 6.41. The molecular weight excluding hydrogens is 278 g/mol. The van der Waals surface area contributed by atoms with Crippen LogP contribution >= 0.6 is 0 Å². The number of benzene rings is 1. The number of rotatable bonds is 12. The monoisotopic (exact) mass is 309 g/mol. The van der Waals surface area contributed by atoms with E-state index in [2.05, 4.69) is 6.92 Å². The molecule has 0 aliphatic heterocycles. The molecule has 21 heavy (non-hydrogen) atoms. The Morgan fingerprint density at radius 2 is 1.48 bits per heavy atom. The molecule has 0 aromatic heterocycles. The van der Waals surface area contributed by atoms with Gasteiger partial charge < -0.3 is 5.73 Å². The van der Waals surface area contributed by atoms with Gasteiger partial charge in [0.25, 0.3) is 0 Å². The average Bonchev–Trinajstić information content (AvgIpc) is 2.49. The van der Waals surface area contributed by atoms with E-state index in [1.165, 1.54) is 57.8 Å². The molecule has 0 fully saturated rings. The van der Waals surface area contributed by atoms with E-state index >= 15 is 0 Å². The van der Waals surface area contributed by atoms with E-state index in [1.54, 1.807) is 0 Å². The van der Waals surface area contributed by atoms with Crippen LogP contribution in [0.3, 0.4) is 0 Å². The summed E-state index contributed by atoms with van der Waals surface area (Å²) < 4.78 is 12.1. The quantitative estimate of drug-likeness (QED) is 0.420. The largest absolute Gasteiger partial charge is 0.399 e. The summed E-state index contributed by atoms with van der Waals surface area (Å²) in [6, 6.07) is 7.44. The van der Waals surface area contributed by atoms with Crippen LogP contribution in [0.5, 0.6) is 0 Å². The van der Waals surface area contributed by atoms with E-state index in [4.69, 9.17) is 5.73 Å². The molecule has 3 heteroatoms. The lowest BCUT2D eigenvalue weighted by Gasteiger charge is -2.04. The third kappa shape index (κ3) is 8.92. The third-order valence-electron chi connectivity index (χ3n) is 3.80. The Kier molecular flexibility index (Phi) is 10.2. The maximum atomic E-state index is 12.1. The zero-order valence-corrected chi connectivity index (χ0v) is 14.3. The topological polar surface area (TPSA) is 43.1 Å². The minimum atomic E-state index is -0.886. The zero-order chi connectivity index (χ0) is 15.3. The van der Waals surface area contributed by atoms with E-state index in [1.807, 2.05) is 24.3 Å². The SMILES string of the molecule is CCCCCCCCCCCCS(=O)c1cccc(N)c1. The summed E-state index contributed by atoms with van der Waals surface area (Å²) >= 11 is 0. The molecule has 1 unspecified atom stereocenters. The smallest absolute Gasteiger partial charge is 0.0530 e. The molecule has 1 aromatic rings. The Morgan fingerprint density at radius 1 is 0.905 bits per heavy atom. The van der Waals surface area contributed by atoms with Crippen molar-refractivity contribution in [3.8, 4) is 0 Å². The molecule has 120 valence electrons. The Hall–Kier alpha value is -0.830. The number of nitrogens with two attached hydrogens (primary N) is 1. The van der Waals surface area contributed by atoms with Gasteiger partial charge in [-0.25, -0.2) is 0 Å². The summed E-state index contributed by atoms with van der Waals surface area (Å²) in [6.07, 6.45) is 13.1. The van der Waals surface area contributed by atoms with Crippen LogP contribution in [-0.4, -0.2) is 9.96 Å². The highest BCUT2D eigenvalue weighted by molar-refractivity contribution is 7.85. The second kappa shape index (κ2) is 11.8. The molecule has 1 rings (SSSR count). The summed E-state index contributed by atoms with van der Waals surface area (Å²) in [4.78, 5) is 0.867. The lowest BCUT2D eigenvalue weighted by atomic mass is 10.1. The van der Waals surface area contributed by atoms with Crippen molar-refractivity contribution in [2.45, 2.75) is 76.0 Å². The molecule has 1 atom stereocenters. The minimum absolute atomic E-state index is 0.698. The highest BCUT2D eigenvalue weighted by atomic mass is 32.2. The molecule has 0 aliphatic carbocycles. The number of anilines is 1. The fourth-order valence-electron chi connectivity index (χ4n) is 2.49. The summed E-state index contributed by atoms with van der Waals surface area (Å²) in [7, 11) is -0.886. The average molecular weight is 310 g/mol. The summed E-state index contributed by atoms with van der Waals surface area (Å²) in [5, 5.41) is 0. The molecule has 0 radical (unpaired) electrons. The predicted octanol–water partition coefficient (Wildman–Crippen LogP) is 5.30. The van der Waals surface area contributed by atoms with Gasteiger partial charge in [0.1, 0.15) is 0 Å². The molecule has 0 heterocycles. The van der Waals surface area contributed by atoms with Crippen molar-refractivity contribution in [1.82, 2.24) is 0 Å². The van der Waals surface area contributed by atoms with E-state index in [-0.39, 0.29) is 0 Å². The molecule has 2 nitrogen and oxygen atoms in total. The number of hydrogen-bond donors (Lipinski definition) is 1. The molecule has 0 amide bonds. The fourth-order valence-corrected chi connectivity index (χ4v) is 3.69. The number of unbranched alkanes of at least 4 members (excludes halogenated alkanes) is 9. The minimum Gasteiger partial charge on any atom is -0.399 e. The van der Waals surface area contributed by atoms with Crippen LogP contribution in [0.15, 0.2) is 29.2 Å². The number of nitrogen functional groups attached to an aromatic ring is 1. The van der Waals surface area contributed by atoms with Crippen LogP contribution < -0.4 is 5.73 Å². The first kappa shape index (κ1) is 18.2. The van der Waals surface area contributed by atoms with Gasteiger partial charge in [0.05, 0.1) is 10.8 Å². The molecule has 0 saturated carbocycles. The fraction of sp³-hybridized carbons (Fsp3) is 0.667. The Bertz CT molecular complexity index is 406. The lowest BCUT2D eigenvalue weighted by molar-refractivity contribution is 0.562. The van der Waals surface area contributed by atoms with Crippen molar-refractivity contribution >= 4 is 16.5 Å². The Labute approximate surface area is 133 Å². The maximum Gasteiger partial charge on any atom is 0.0530 e. The van der Waals surface area contributed by atoms with Crippen LogP contribution in [0, 0.1) is 0 Å². The van der Waals surface area contributed by atoms with Gasteiger partial charge in [0.15, 0.2) is 0 Å². The molecule has 2 N–H and O–H groups in total. The lowest BCUT2D eigenvalue weighted by Crippen LogP contribution is -1.99. The molecule has 0 saturated heterocycles. The van der Waals surface area contributed by atoms with Crippen molar-refractivity contribution in [1.29, 1.82) is 0 Å². The number of hydrogen-bond acceptors (Lipinski definition) is 2. The van der Waals surface area contributed by atoms with Crippen molar-refractivity contribution < 1.29 is 4.21 Å².